The van der Waals surface area contributed by atoms with Crippen LogP contribution in [-0.2, 0) is 12.8 Å². The molecular weight excluding hydrogens is 266 g/mol. The molecule has 0 amide bonds. The lowest BCUT2D eigenvalue weighted by atomic mass is 10.2. The SMILES string of the molecule is Cn1ccnc1SCc1ccc(NN)c([N+](=O)[O-])c1. The fraction of sp³-hybridized carbons (Fsp3) is 0.182. The van der Waals surface area contributed by atoms with Gasteiger partial charge in [0.15, 0.2) is 5.16 Å². The third-order valence-electron chi connectivity index (χ3n) is 2.56. The number of nitro groups is 1. The highest BCUT2D eigenvalue weighted by atomic mass is 32.2. The third-order valence-corrected chi connectivity index (χ3v) is 3.69. The molecular formula is C11H13N5O2S. The minimum absolute atomic E-state index is 0.0274. The number of aryl methyl sites for hydroxylation is 1. The van der Waals surface area contributed by atoms with Crippen molar-refractivity contribution in [3.8, 4) is 0 Å². The van der Waals surface area contributed by atoms with Crippen LogP contribution in [0.1, 0.15) is 5.56 Å². The molecule has 1 aromatic heterocycles. The zero-order valence-electron chi connectivity index (χ0n) is 10.2. The molecule has 0 unspecified atom stereocenters. The van der Waals surface area contributed by atoms with Crippen LogP contribution in [0.3, 0.4) is 0 Å². The van der Waals surface area contributed by atoms with Crippen LogP contribution in [0.2, 0.25) is 0 Å². The molecule has 0 aliphatic carbocycles. The summed E-state index contributed by atoms with van der Waals surface area (Å²) in [5.74, 6) is 5.84. The number of hydrogen-bond donors (Lipinski definition) is 2. The van der Waals surface area contributed by atoms with Gasteiger partial charge in [-0.1, -0.05) is 17.8 Å². The minimum Gasteiger partial charge on any atom is -0.329 e. The Bertz CT molecular complexity index is 599. The zero-order chi connectivity index (χ0) is 13.8. The number of nitrogens with two attached hydrogens (primary N) is 1. The van der Waals surface area contributed by atoms with E-state index in [1.54, 1.807) is 18.3 Å². The summed E-state index contributed by atoms with van der Waals surface area (Å²) < 4.78 is 1.90. The lowest BCUT2D eigenvalue weighted by Crippen LogP contribution is -2.09. The Morgan fingerprint density at radius 3 is 2.95 bits per heavy atom. The summed E-state index contributed by atoms with van der Waals surface area (Å²) in [5.41, 5.74) is 3.44. The standard InChI is InChI=1S/C11H13N5O2S/c1-15-5-4-13-11(15)19-7-8-2-3-9(14-12)10(6-8)16(17)18/h2-6,14H,7,12H2,1H3. The molecule has 2 rings (SSSR count). The molecule has 7 nitrogen and oxygen atoms in total. The highest BCUT2D eigenvalue weighted by Gasteiger charge is 2.14. The molecule has 0 aliphatic heterocycles. The van der Waals surface area contributed by atoms with E-state index >= 15 is 0 Å². The van der Waals surface area contributed by atoms with Crippen molar-refractivity contribution in [2.24, 2.45) is 12.9 Å². The molecule has 0 saturated heterocycles. The second kappa shape index (κ2) is 5.72. The van der Waals surface area contributed by atoms with Crippen LogP contribution in [0.5, 0.6) is 0 Å². The number of benzene rings is 1. The largest absolute Gasteiger partial charge is 0.329 e. The van der Waals surface area contributed by atoms with E-state index in [0.29, 0.717) is 11.4 Å². The Morgan fingerprint density at radius 2 is 2.37 bits per heavy atom. The van der Waals surface area contributed by atoms with E-state index in [1.807, 2.05) is 17.8 Å². The van der Waals surface area contributed by atoms with Crippen LogP contribution in [0.4, 0.5) is 11.4 Å². The van der Waals surface area contributed by atoms with Crippen molar-refractivity contribution >= 4 is 23.1 Å². The summed E-state index contributed by atoms with van der Waals surface area (Å²) in [7, 11) is 1.90. The van der Waals surface area contributed by atoms with Gasteiger partial charge in [0.05, 0.1) is 4.92 Å². The first-order valence-electron chi connectivity index (χ1n) is 5.46. The van der Waals surface area contributed by atoms with Crippen molar-refractivity contribution in [3.05, 3.63) is 46.3 Å². The number of nitrogens with one attached hydrogen (secondary N) is 1. The van der Waals surface area contributed by atoms with Gasteiger partial charge in [0.2, 0.25) is 0 Å². The van der Waals surface area contributed by atoms with E-state index in [1.165, 1.54) is 17.8 Å². The van der Waals surface area contributed by atoms with E-state index in [-0.39, 0.29) is 5.69 Å². The maximum absolute atomic E-state index is 10.9. The van der Waals surface area contributed by atoms with E-state index in [2.05, 4.69) is 10.4 Å². The molecule has 0 saturated carbocycles. The van der Waals surface area contributed by atoms with Crippen molar-refractivity contribution in [1.29, 1.82) is 0 Å². The maximum Gasteiger partial charge on any atom is 0.293 e. The number of aromatic nitrogens is 2. The molecule has 0 spiro atoms. The van der Waals surface area contributed by atoms with Crippen molar-refractivity contribution in [3.63, 3.8) is 0 Å². The predicted molar refractivity (Wildman–Crippen MR) is 73.7 cm³/mol. The van der Waals surface area contributed by atoms with Gasteiger partial charge in [-0.05, 0) is 11.6 Å². The van der Waals surface area contributed by atoms with Crippen molar-refractivity contribution < 1.29 is 4.92 Å². The van der Waals surface area contributed by atoms with Gasteiger partial charge in [-0.25, -0.2) is 4.98 Å². The Hall–Kier alpha value is -2.06. The smallest absolute Gasteiger partial charge is 0.293 e. The number of rotatable bonds is 5. The number of nitrogen functional groups attached to an aromatic ring is 1. The Kier molecular flexibility index (Phi) is 4.03. The van der Waals surface area contributed by atoms with Gasteiger partial charge in [0.25, 0.3) is 5.69 Å². The predicted octanol–water partition coefficient (Wildman–Crippen LogP) is 1.91. The molecule has 2 aromatic rings. The second-order valence-electron chi connectivity index (χ2n) is 3.86. The van der Waals surface area contributed by atoms with Crippen molar-refractivity contribution in [1.82, 2.24) is 9.55 Å². The van der Waals surface area contributed by atoms with E-state index in [9.17, 15) is 10.1 Å². The van der Waals surface area contributed by atoms with Crippen molar-refractivity contribution in [2.45, 2.75) is 10.9 Å². The first-order chi connectivity index (χ1) is 9.11. The first-order valence-corrected chi connectivity index (χ1v) is 6.44. The molecule has 0 radical (unpaired) electrons. The summed E-state index contributed by atoms with van der Waals surface area (Å²) in [6.07, 6.45) is 3.57. The first kappa shape index (κ1) is 13.4. The Labute approximate surface area is 113 Å². The molecule has 0 aliphatic rings. The quantitative estimate of drug-likeness (QED) is 0.375. The van der Waals surface area contributed by atoms with Gasteiger partial charge in [-0.2, -0.15) is 0 Å². The third kappa shape index (κ3) is 3.04. The van der Waals surface area contributed by atoms with Gasteiger partial charge < -0.3 is 9.99 Å². The van der Waals surface area contributed by atoms with Crippen LogP contribution in [-0.4, -0.2) is 14.5 Å². The number of nitrogens with zero attached hydrogens (tertiary/aromatic N) is 3. The highest BCUT2D eigenvalue weighted by molar-refractivity contribution is 7.98. The number of hydrazine groups is 1. The van der Waals surface area contributed by atoms with Crippen LogP contribution < -0.4 is 11.3 Å². The van der Waals surface area contributed by atoms with Gasteiger partial charge in [-0.15, -0.1) is 0 Å². The van der Waals surface area contributed by atoms with Gasteiger partial charge in [-0.3, -0.25) is 16.0 Å². The number of hydrogen-bond acceptors (Lipinski definition) is 6. The van der Waals surface area contributed by atoms with Crippen LogP contribution in [0.15, 0.2) is 35.7 Å². The molecule has 8 heteroatoms. The normalized spacial score (nSPS) is 10.4. The fourth-order valence-corrected chi connectivity index (χ4v) is 2.45. The lowest BCUT2D eigenvalue weighted by Gasteiger charge is -2.05. The van der Waals surface area contributed by atoms with E-state index < -0.39 is 4.92 Å². The summed E-state index contributed by atoms with van der Waals surface area (Å²) in [6, 6.07) is 4.93. The van der Waals surface area contributed by atoms with Gasteiger partial charge in [0.1, 0.15) is 5.69 Å². The Balaban J connectivity index is 2.15. The summed E-state index contributed by atoms with van der Waals surface area (Å²) in [5, 5.41) is 11.8. The van der Waals surface area contributed by atoms with Crippen LogP contribution >= 0.6 is 11.8 Å². The molecule has 19 heavy (non-hydrogen) atoms. The van der Waals surface area contributed by atoms with Gasteiger partial charge in [0, 0.05) is 31.3 Å². The van der Waals surface area contributed by atoms with Crippen LogP contribution in [0, 0.1) is 10.1 Å². The second-order valence-corrected chi connectivity index (χ2v) is 4.80. The number of imidazole rings is 1. The molecule has 1 aromatic carbocycles. The number of thioether (sulfide) groups is 1. The fourth-order valence-electron chi connectivity index (χ4n) is 1.58. The topological polar surface area (TPSA) is 99.0 Å². The van der Waals surface area contributed by atoms with Crippen molar-refractivity contribution in [2.75, 3.05) is 5.43 Å². The number of nitro benzene ring substituents is 1. The average molecular weight is 279 g/mol. The van der Waals surface area contributed by atoms with E-state index in [4.69, 9.17) is 5.84 Å². The number of anilines is 1. The average Bonchev–Trinajstić information content (AvgIpc) is 2.81. The highest BCUT2D eigenvalue weighted by Crippen LogP contribution is 2.28. The lowest BCUT2D eigenvalue weighted by molar-refractivity contribution is -0.384. The zero-order valence-corrected chi connectivity index (χ0v) is 11.1. The van der Waals surface area contributed by atoms with E-state index in [0.717, 1.165) is 10.7 Å². The molecule has 0 bridgehead atoms. The molecule has 3 N–H and O–H groups in total. The molecule has 100 valence electrons. The molecule has 1 heterocycles. The minimum atomic E-state index is -0.454. The summed E-state index contributed by atoms with van der Waals surface area (Å²) in [6.45, 7) is 0. The summed E-state index contributed by atoms with van der Waals surface area (Å²) in [4.78, 5) is 14.6. The van der Waals surface area contributed by atoms with Gasteiger partial charge >= 0.3 is 0 Å². The molecule has 0 fully saturated rings. The summed E-state index contributed by atoms with van der Waals surface area (Å²) >= 11 is 1.52. The maximum atomic E-state index is 10.9. The monoisotopic (exact) mass is 279 g/mol. The Morgan fingerprint density at radius 1 is 1.58 bits per heavy atom. The van der Waals surface area contributed by atoms with Crippen LogP contribution in [0.25, 0.3) is 0 Å². The molecule has 0 atom stereocenters.